The zero-order valence-electron chi connectivity index (χ0n) is 37.9. The maximum atomic E-state index is 10.4. The van der Waals surface area contributed by atoms with Gasteiger partial charge < -0.3 is 93.7 Å². The van der Waals surface area contributed by atoms with Crippen molar-refractivity contribution in [2.75, 3.05) is 13.1 Å². The number of rotatable bonds is 6. The Labute approximate surface area is 428 Å². The molecule has 29 heteroatoms. The Morgan fingerprint density at radius 2 is 0.561 bits per heavy atom. The fraction of sp³-hybridized carbons (Fsp3) is 0.703. The molecule has 0 bridgehead atoms. The van der Waals surface area contributed by atoms with Crippen molar-refractivity contribution in [1.82, 2.24) is 0 Å². The van der Waals surface area contributed by atoms with E-state index in [1.807, 2.05) is 0 Å². The summed E-state index contributed by atoms with van der Waals surface area (Å²) in [5, 5.41) is 78.4. The van der Waals surface area contributed by atoms with Crippen molar-refractivity contribution in [3.05, 3.63) is 42.7 Å². The fourth-order valence-electron chi connectivity index (χ4n) is 4.41. The summed E-state index contributed by atoms with van der Waals surface area (Å²) >= 11 is 0. The van der Waals surface area contributed by atoms with Gasteiger partial charge >= 0.3 is 66.0 Å². The van der Waals surface area contributed by atoms with E-state index in [9.17, 15) is 19.2 Å². The Morgan fingerprint density at radius 1 is 0.409 bits per heavy atom. The quantitative estimate of drug-likeness (QED) is 0.0903. The number of aliphatic carboxylic acids is 10. The van der Waals surface area contributed by atoms with Gasteiger partial charge in [0.05, 0.1) is 0 Å². The maximum Gasteiger partial charge on any atom is 2.00 e. The van der Waals surface area contributed by atoms with Gasteiger partial charge in [0.15, 0.2) is 10.8 Å². The average molecular weight is 1510 g/mol. The summed E-state index contributed by atoms with van der Waals surface area (Å²) in [5.41, 5.74) is 25.7. The van der Waals surface area contributed by atoms with Gasteiger partial charge in [-0.2, -0.15) is 12.1 Å². The molecule has 0 amide bonds. The minimum absolute atomic E-state index is 0. The van der Waals surface area contributed by atoms with Gasteiger partial charge in [0.1, 0.15) is 0 Å². The molecule has 0 aromatic carbocycles. The minimum Gasteiger partial charge on any atom is -0.693 e. The molecule has 0 spiro atoms. The van der Waals surface area contributed by atoms with Gasteiger partial charge in [-0.15, -0.1) is 13.1 Å². The van der Waals surface area contributed by atoms with E-state index < -0.39 is 70.5 Å². The summed E-state index contributed by atoms with van der Waals surface area (Å²) in [6.45, 7) is 7.59. The Balaban J connectivity index is -0.0000000499. The standard InChI is InChI=1S/2C6H12N2.2C6H8O4.6C2H4O2.CH3.2H2N.3Pt/c7-3-5-1-2-6(5)4-8;7-5-3-1-2-4-6(5)8;2*7-4(8)6(5(9)10)2-1-3-6;6*1-2(3)4;;;;;;/h2*5-8H,1-4H2;2*1-3H2,(H,7,8)(H,9,10);6*1H3,(H,3,4);1H3;2*1H2;;;/q2*-2;;;;;;;;;3*-1;;2*+2. The third kappa shape index (κ3) is 58.5. The number of carbonyl (C=O) groups is 10. The minimum atomic E-state index is -1.44. The summed E-state index contributed by atoms with van der Waals surface area (Å²) < 4.78 is 0. The van der Waals surface area contributed by atoms with E-state index in [1.165, 1.54) is 25.7 Å². The molecule has 0 radical (unpaired) electrons. The molecule has 402 valence electrons. The number of hydrogen-bond acceptors (Lipinski definition) is 10. The number of hydrogen-bond donors (Lipinski definition) is 10. The average Bonchev–Trinajstić information content (AvgIpc) is 2.96. The Hall–Kier alpha value is -3.48. The third-order valence-electron chi connectivity index (χ3n) is 7.92. The molecule has 4 saturated carbocycles. The largest absolute Gasteiger partial charge is 2.00 e. The second kappa shape index (κ2) is 54.1. The zero-order chi connectivity index (χ0) is 49.0. The first-order chi connectivity index (χ1) is 27.3. The van der Waals surface area contributed by atoms with E-state index in [1.54, 1.807) is 0 Å². The van der Waals surface area contributed by atoms with Crippen LogP contribution < -0.4 is 0 Å². The molecule has 26 nitrogen and oxygen atoms in total. The van der Waals surface area contributed by atoms with E-state index in [2.05, 4.69) is 0 Å². The van der Waals surface area contributed by atoms with Gasteiger partial charge in [-0.1, -0.05) is 50.4 Å². The van der Waals surface area contributed by atoms with E-state index in [-0.39, 0.29) is 121 Å². The summed E-state index contributed by atoms with van der Waals surface area (Å²) in [4.78, 5) is 95.5. The van der Waals surface area contributed by atoms with Gasteiger partial charge in [-0.05, 0) is 38.5 Å². The molecular weight excluding hydrogens is 1430 g/mol. The van der Waals surface area contributed by atoms with Crippen molar-refractivity contribution in [2.45, 2.75) is 131 Å². The monoisotopic (exact) mass is 1500 g/mol. The molecule has 4 rings (SSSR count). The maximum absolute atomic E-state index is 10.4. The molecule has 4 unspecified atom stereocenters. The van der Waals surface area contributed by atoms with Crippen molar-refractivity contribution in [1.29, 1.82) is 0 Å². The summed E-state index contributed by atoms with van der Waals surface area (Å²) in [6, 6.07) is -0.160. The van der Waals surface area contributed by atoms with Crippen LogP contribution in [0.4, 0.5) is 0 Å². The predicted octanol–water partition coefficient (Wildman–Crippen LogP) is 7.59. The van der Waals surface area contributed by atoms with Gasteiger partial charge in [-0.3, -0.25) is 47.9 Å². The van der Waals surface area contributed by atoms with Gasteiger partial charge in [0.2, 0.25) is 0 Å². The Kier molecular flexibility index (Phi) is 76.0. The van der Waals surface area contributed by atoms with Crippen LogP contribution in [-0.4, -0.2) is 136 Å². The van der Waals surface area contributed by atoms with Crippen LogP contribution in [0.25, 0.3) is 35.2 Å². The van der Waals surface area contributed by atoms with Crippen molar-refractivity contribution >= 4 is 59.7 Å². The first kappa shape index (κ1) is 92.7. The smallest absolute Gasteiger partial charge is 0.693 e. The summed E-state index contributed by atoms with van der Waals surface area (Å²) in [5.74, 6) is -8.66. The molecule has 4 fully saturated rings. The topological polar surface area (TPSA) is 535 Å². The number of nitrogens with one attached hydrogen (secondary N) is 4. The molecule has 4 atom stereocenters. The van der Waals surface area contributed by atoms with Crippen LogP contribution >= 0.6 is 0 Å². The molecule has 0 aromatic rings. The molecule has 4 aliphatic rings. The first-order valence-corrected chi connectivity index (χ1v) is 18.1. The molecule has 0 saturated heterocycles. The van der Waals surface area contributed by atoms with Gasteiger partial charge in [-0.25, -0.2) is 0 Å². The van der Waals surface area contributed by atoms with E-state index >= 15 is 0 Å². The van der Waals surface area contributed by atoms with Crippen LogP contribution in [0.2, 0.25) is 0 Å². The molecule has 18 N–H and O–H groups in total. The van der Waals surface area contributed by atoms with Crippen LogP contribution in [0.15, 0.2) is 0 Å². The fourth-order valence-corrected chi connectivity index (χ4v) is 4.41. The summed E-state index contributed by atoms with van der Waals surface area (Å²) in [7, 11) is 0. The molecule has 66 heavy (non-hydrogen) atoms. The van der Waals surface area contributed by atoms with Crippen molar-refractivity contribution in [3.8, 4) is 0 Å². The second-order valence-electron chi connectivity index (χ2n) is 13.2. The van der Waals surface area contributed by atoms with Crippen LogP contribution in [0.3, 0.4) is 0 Å². The summed E-state index contributed by atoms with van der Waals surface area (Å²) in [6.07, 6.45) is 9.16. The van der Waals surface area contributed by atoms with Crippen LogP contribution in [0.5, 0.6) is 0 Å². The SMILES string of the molecule is CC(=O)O.CC(=O)O.CC(=O)O.CC(=O)O.CC(=O)O.CC(=O)O.O=C(O)C1(C(=O)O)CCC1.O=C(O)C1(C(=O)O)CCC1.[CH3-].[NH-]C1CCCCC1[NH-].[NH-]CC1CCC1C[NH-].[NH2-].[NH2-].[Pt+2].[Pt+2].[Pt]. The van der Waals surface area contributed by atoms with Gasteiger partial charge in [0, 0.05) is 62.6 Å². The molecular formula is C37H71N6O20Pt3-3. The van der Waals surface area contributed by atoms with E-state index in [0.29, 0.717) is 37.8 Å². The van der Waals surface area contributed by atoms with Crippen LogP contribution in [-0.2, 0) is 111 Å². The zero-order valence-corrected chi connectivity index (χ0v) is 44.7. The predicted molar refractivity (Wildman–Crippen MR) is 229 cm³/mol. The second-order valence-corrected chi connectivity index (χ2v) is 13.2. The van der Waals surface area contributed by atoms with Crippen LogP contribution in [0.1, 0.15) is 119 Å². The first-order valence-electron chi connectivity index (χ1n) is 18.1. The molecule has 0 aliphatic heterocycles. The van der Waals surface area contributed by atoms with Crippen molar-refractivity contribution in [3.63, 3.8) is 0 Å². The van der Waals surface area contributed by atoms with Crippen molar-refractivity contribution < 1.29 is 162 Å². The third-order valence-corrected chi connectivity index (χ3v) is 7.92. The Morgan fingerprint density at radius 3 is 0.606 bits per heavy atom. The number of carboxylic acids is 10. The van der Waals surface area contributed by atoms with Crippen LogP contribution in [0, 0.1) is 30.1 Å². The molecule has 0 aromatic heterocycles. The number of carboxylic acid groups (broad SMARTS) is 10. The Bertz CT molecular complexity index is 1130. The van der Waals surface area contributed by atoms with E-state index in [4.69, 9.17) is 103 Å². The molecule has 0 heterocycles. The normalized spacial score (nSPS) is 18.0. The van der Waals surface area contributed by atoms with Crippen molar-refractivity contribution in [2.24, 2.45) is 22.7 Å². The van der Waals surface area contributed by atoms with E-state index in [0.717, 1.165) is 54.4 Å². The van der Waals surface area contributed by atoms with Gasteiger partial charge in [0.25, 0.3) is 35.8 Å². The number of nitrogens with two attached hydrogens (primary N) is 2. The molecule has 4 aliphatic carbocycles.